The summed E-state index contributed by atoms with van der Waals surface area (Å²) in [5, 5.41) is 75.0. The molecule has 6 rings (SSSR count). The molecule has 6 aliphatic rings. The van der Waals surface area contributed by atoms with Crippen molar-refractivity contribution in [3.8, 4) is 0 Å². The molecule has 0 bridgehead atoms. The molecule has 0 aromatic carbocycles. The maximum atomic E-state index is 14.5. The fourth-order valence-electron chi connectivity index (χ4n) is 12.3. The van der Waals surface area contributed by atoms with Crippen LogP contribution in [0.1, 0.15) is 99.3 Å². The monoisotopic (exact) mass is 650 g/mol. The Morgan fingerprint density at radius 2 is 1.59 bits per heavy atom. The molecule has 0 radical (unpaired) electrons. The van der Waals surface area contributed by atoms with E-state index in [1.807, 2.05) is 20.8 Å². The van der Waals surface area contributed by atoms with Crippen molar-refractivity contribution in [2.45, 2.75) is 142 Å². The zero-order valence-electron chi connectivity index (χ0n) is 28.5. The first-order valence-corrected chi connectivity index (χ1v) is 17.6. The predicted octanol–water partition coefficient (Wildman–Crippen LogP) is 2.44. The van der Waals surface area contributed by atoms with Gasteiger partial charge in [0.15, 0.2) is 0 Å². The van der Waals surface area contributed by atoms with Crippen molar-refractivity contribution >= 4 is 5.97 Å². The fraction of sp³-hybridized carbons (Fsp3) is 0.917. The van der Waals surface area contributed by atoms with Crippen LogP contribution in [0.4, 0.5) is 0 Å². The first kappa shape index (κ1) is 34.7. The molecular formula is C36H58O10. The number of hydrogen-bond acceptors (Lipinski definition) is 10. The fourth-order valence-corrected chi connectivity index (χ4v) is 12.3. The number of rotatable bonds is 4. The summed E-state index contributed by atoms with van der Waals surface area (Å²) in [6.45, 7) is 12.3. The van der Waals surface area contributed by atoms with Gasteiger partial charge in [-0.25, -0.2) is 0 Å². The molecule has 5 aliphatic carbocycles. The topological polar surface area (TPSA) is 177 Å². The molecule has 0 amide bonds. The molecule has 4 saturated carbocycles. The van der Waals surface area contributed by atoms with Crippen LogP contribution in [0.3, 0.4) is 0 Å². The van der Waals surface area contributed by atoms with Crippen molar-refractivity contribution < 1.29 is 50.0 Å². The van der Waals surface area contributed by atoms with Crippen LogP contribution in [0.2, 0.25) is 0 Å². The molecule has 1 aliphatic heterocycles. The van der Waals surface area contributed by atoms with Crippen molar-refractivity contribution in [3.05, 3.63) is 11.6 Å². The Hall–Kier alpha value is -1.11. The van der Waals surface area contributed by atoms with Crippen molar-refractivity contribution in [2.75, 3.05) is 13.2 Å². The molecule has 16 atom stereocenters. The van der Waals surface area contributed by atoms with E-state index in [0.29, 0.717) is 38.0 Å². The Labute approximate surface area is 273 Å². The lowest BCUT2D eigenvalue weighted by atomic mass is 9.33. The van der Waals surface area contributed by atoms with Gasteiger partial charge in [-0.1, -0.05) is 46.3 Å². The number of allylic oxidation sites excluding steroid dienone is 1. The van der Waals surface area contributed by atoms with Gasteiger partial charge < -0.3 is 45.2 Å². The number of carbonyl (C=O) groups excluding carboxylic acids is 1. The molecule has 7 N–H and O–H groups in total. The number of esters is 1. The molecule has 0 aromatic rings. The summed E-state index contributed by atoms with van der Waals surface area (Å²) in [6.07, 6.45) is 0.492. The quantitative estimate of drug-likeness (QED) is 0.177. The molecule has 1 heterocycles. The highest BCUT2D eigenvalue weighted by atomic mass is 16.7. The molecule has 0 unspecified atom stereocenters. The highest BCUT2D eigenvalue weighted by molar-refractivity contribution is 5.79. The van der Waals surface area contributed by atoms with Gasteiger partial charge in [0.2, 0.25) is 6.29 Å². The van der Waals surface area contributed by atoms with E-state index >= 15 is 0 Å². The van der Waals surface area contributed by atoms with Gasteiger partial charge in [-0.15, -0.1) is 0 Å². The van der Waals surface area contributed by atoms with E-state index < -0.39 is 71.7 Å². The maximum Gasteiger partial charge on any atom is 0.315 e. The SMILES string of the molecule is C[C@@H]1CC[C@@]2(C(=O)O[C@H]3O[C@@H](CO)[C@H](O)[C@@H](O)[C@@H]3O)CC[C@@]3(C)C(=CC[C@@H]4[C@]5(C)CC[C@H](O)[C@](C)(CO)[C@@H]5CC[C@@]43C)[C@@H]2[C@]1(C)O. The third kappa shape index (κ3) is 4.39. The van der Waals surface area contributed by atoms with E-state index in [1.165, 1.54) is 0 Å². The van der Waals surface area contributed by atoms with Crippen LogP contribution < -0.4 is 0 Å². The summed E-state index contributed by atoms with van der Waals surface area (Å²) in [5.41, 5.74) is -2.34. The lowest BCUT2D eigenvalue weighted by Gasteiger charge is -2.72. The molecule has 10 nitrogen and oxygen atoms in total. The summed E-state index contributed by atoms with van der Waals surface area (Å²) in [6, 6.07) is 0. The number of hydrogen-bond donors (Lipinski definition) is 7. The molecule has 1 saturated heterocycles. The van der Waals surface area contributed by atoms with Gasteiger partial charge in [-0.2, -0.15) is 0 Å². The van der Waals surface area contributed by atoms with E-state index in [0.717, 1.165) is 31.3 Å². The van der Waals surface area contributed by atoms with Crippen molar-refractivity contribution in [2.24, 2.45) is 50.7 Å². The first-order chi connectivity index (χ1) is 21.4. The average molecular weight is 651 g/mol. The predicted molar refractivity (Wildman–Crippen MR) is 168 cm³/mol. The molecule has 5 fully saturated rings. The van der Waals surface area contributed by atoms with Crippen LogP contribution in [0, 0.1) is 50.7 Å². The summed E-state index contributed by atoms with van der Waals surface area (Å²) < 4.78 is 11.5. The maximum absolute atomic E-state index is 14.5. The van der Waals surface area contributed by atoms with Crippen LogP contribution in [0.15, 0.2) is 11.6 Å². The number of carbonyl (C=O) groups is 1. The normalized spacial score (nSPS) is 56.8. The summed E-state index contributed by atoms with van der Waals surface area (Å²) >= 11 is 0. The third-order valence-corrected chi connectivity index (χ3v) is 15.7. The minimum Gasteiger partial charge on any atom is -0.432 e. The van der Waals surface area contributed by atoms with Crippen molar-refractivity contribution in [1.29, 1.82) is 0 Å². The third-order valence-electron chi connectivity index (χ3n) is 15.7. The summed E-state index contributed by atoms with van der Waals surface area (Å²) in [5.74, 6) is -0.749. The standard InChI is InChI=1S/C36H58O10/c1-19-9-14-36(30(43)46-29-27(42)26(41)25(40)21(17-37)45-29)16-15-33(4)20(28(36)35(19,6)44)7-8-23-31(2)12-11-24(39)32(3,18-38)22(31)10-13-34(23,33)5/h7,19,21-29,37-42,44H,8-18H2,1-6H3/t19-,21+,22-,23-,24+,25+,26-,27+,28-,29-,31-,32-,33+,34+,35-,36-/m1/s1. The molecule has 262 valence electrons. The van der Waals surface area contributed by atoms with E-state index in [4.69, 9.17) is 9.47 Å². The van der Waals surface area contributed by atoms with E-state index in [2.05, 4.69) is 26.8 Å². The second kappa shape index (κ2) is 11.2. The Kier molecular flexibility index (Phi) is 8.46. The second-order valence-corrected chi connectivity index (χ2v) is 17.4. The van der Waals surface area contributed by atoms with Crippen LogP contribution >= 0.6 is 0 Å². The number of fused-ring (bicyclic) bond motifs is 7. The van der Waals surface area contributed by atoms with Gasteiger partial charge >= 0.3 is 5.97 Å². The lowest BCUT2D eigenvalue weighted by molar-refractivity contribution is -0.299. The molecular weight excluding hydrogens is 592 g/mol. The highest BCUT2D eigenvalue weighted by Crippen LogP contribution is 2.76. The van der Waals surface area contributed by atoms with Gasteiger partial charge in [-0.3, -0.25) is 4.79 Å². The minimum atomic E-state index is -1.70. The Balaban J connectivity index is 1.39. The van der Waals surface area contributed by atoms with Crippen molar-refractivity contribution in [3.63, 3.8) is 0 Å². The first-order valence-electron chi connectivity index (χ1n) is 17.6. The van der Waals surface area contributed by atoms with E-state index in [1.54, 1.807) is 0 Å². The highest BCUT2D eigenvalue weighted by Gasteiger charge is 2.72. The average Bonchev–Trinajstić information content (AvgIpc) is 3.01. The van der Waals surface area contributed by atoms with Crippen molar-refractivity contribution in [1.82, 2.24) is 0 Å². The van der Waals surface area contributed by atoms with Crippen LogP contribution in [0.5, 0.6) is 0 Å². The zero-order chi connectivity index (χ0) is 33.8. The van der Waals surface area contributed by atoms with E-state index in [9.17, 15) is 40.5 Å². The largest absolute Gasteiger partial charge is 0.432 e. The minimum absolute atomic E-state index is 0.0435. The van der Waals surface area contributed by atoms with Gasteiger partial charge in [0, 0.05) is 11.3 Å². The van der Waals surface area contributed by atoms with Gasteiger partial charge in [-0.05, 0) is 98.7 Å². The Morgan fingerprint density at radius 1 is 0.891 bits per heavy atom. The van der Waals surface area contributed by atoms with Crippen LogP contribution in [-0.4, -0.2) is 97.3 Å². The lowest BCUT2D eigenvalue weighted by Crippen LogP contribution is -2.68. The van der Waals surface area contributed by atoms with E-state index in [-0.39, 0.29) is 34.7 Å². The smallest absolute Gasteiger partial charge is 0.315 e. The molecule has 0 aromatic heterocycles. The summed E-state index contributed by atoms with van der Waals surface area (Å²) in [7, 11) is 0. The number of aliphatic hydroxyl groups is 7. The van der Waals surface area contributed by atoms with Gasteiger partial charge in [0.25, 0.3) is 0 Å². The Bertz CT molecular complexity index is 1240. The number of aliphatic hydroxyl groups excluding tert-OH is 6. The zero-order valence-corrected chi connectivity index (χ0v) is 28.5. The Morgan fingerprint density at radius 3 is 2.24 bits per heavy atom. The number of ether oxygens (including phenoxy) is 2. The van der Waals surface area contributed by atoms with Crippen LogP contribution in [0.25, 0.3) is 0 Å². The summed E-state index contributed by atoms with van der Waals surface area (Å²) in [4.78, 5) is 14.5. The second-order valence-electron chi connectivity index (χ2n) is 17.4. The van der Waals surface area contributed by atoms with Gasteiger partial charge in [0.1, 0.15) is 24.4 Å². The molecule has 10 heteroatoms. The van der Waals surface area contributed by atoms with Crippen LogP contribution in [-0.2, 0) is 14.3 Å². The van der Waals surface area contributed by atoms with Gasteiger partial charge in [0.05, 0.1) is 30.3 Å². The molecule has 46 heavy (non-hydrogen) atoms. The molecule has 0 spiro atoms.